The van der Waals surface area contributed by atoms with Crippen LogP contribution in [0.1, 0.15) is 34.9 Å². The fourth-order valence-electron chi connectivity index (χ4n) is 3.08. The van der Waals surface area contributed by atoms with Gasteiger partial charge in [-0.15, -0.1) is 12.4 Å². The summed E-state index contributed by atoms with van der Waals surface area (Å²) in [7, 11) is 1.75. The van der Waals surface area contributed by atoms with Gasteiger partial charge in [0.15, 0.2) is 0 Å². The molecule has 1 aromatic rings. The van der Waals surface area contributed by atoms with E-state index in [9.17, 15) is 18.0 Å². The molecule has 0 aromatic carbocycles. The van der Waals surface area contributed by atoms with Crippen LogP contribution in [0, 0.1) is 0 Å². The van der Waals surface area contributed by atoms with E-state index in [-0.39, 0.29) is 18.1 Å². The quantitative estimate of drug-likeness (QED) is 0.806. The molecule has 142 valence electrons. The summed E-state index contributed by atoms with van der Waals surface area (Å²) in [6.45, 7) is 1.21. The second-order valence-electron chi connectivity index (χ2n) is 6.41. The molecular weight excluding hydrogens is 359 g/mol. The standard InChI is InChI=1S/C15H22F3N5O.ClH/c1-22-12(10-2-3-10)8-11(21-22)14(24)20-9-13(15(16,17)18)23-6-4-19-5-7-23;/h8,10,13,19H,2-7,9H2,1H3,(H,20,24);1H. The van der Waals surface area contributed by atoms with Crippen molar-refractivity contribution >= 4 is 18.3 Å². The van der Waals surface area contributed by atoms with E-state index in [0.29, 0.717) is 32.1 Å². The number of carbonyl (C=O) groups is 1. The van der Waals surface area contributed by atoms with E-state index in [1.165, 1.54) is 4.90 Å². The van der Waals surface area contributed by atoms with Gasteiger partial charge in [-0.25, -0.2) is 0 Å². The molecule has 10 heteroatoms. The van der Waals surface area contributed by atoms with Gasteiger partial charge in [0.05, 0.1) is 0 Å². The SMILES string of the molecule is Cl.Cn1nc(C(=O)NCC(N2CCNCC2)C(F)(F)F)cc1C1CC1. The molecule has 0 bridgehead atoms. The smallest absolute Gasteiger partial charge is 0.349 e. The summed E-state index contributed by atoms with van der Waals surface area (Å²) < 4.78 is 41.6. The number of halogens is 4. The topological polar surface area (TPSA) is 62.2 Å². The van der Waals surface area contributed by atoms with Gasteiger partial charge in [0.2, 0.25) is 0 Å². The van der Waals surface area contributed by atoms with Crippen LogP contribution in [0.25, 0.3) is 0 Å². The van der Waals surface area contributed by atoms with Gasteiger partial charge in [-0.2, -0.15) is 18.3 Å². The molecule has 6 nitrogen and oxygen atoms in total. The van der Waals surface area contributed by atoms with Gasteiger partial charge in [0.25, 0.3) is 5.91 Å². The normalized spacial score (nSPS) is 20.0. The number of nitrogens with zero attached hydrogens (tertiary/aromatic N) is 3. The molecule has 2 aliphatic rings. The third kappa shape index (κ3) is 4.86. The zero-order valence-corrected chi connectivity index (χ0v) is 14.8. The van der Waals surface area contributed by atoms with Crippen LogP contribution in [0.4, 0.5) is 13.2 Å². The van der Waals surface area contributed by atoms with Crippen molar-refractivity contribution in [1.82, 2.24) is 25.3 Å². The summed E-state index contributed by atoms with van der Waals surface area (Å²) >= 11 is 0. The predicted molar refractivity (Wildman–Crippen MR) is 89.0 cm³/mol. The Kier molecular flexibility index (Phi) is 6.34. The lowest BCUT2D eigenvalue weighted by Gasteiger charge is -2.35. The van der Waals surface area contributed by atoms with E-state index in [0.717, 1.165) is 18.5 Å². The average Bonchev–Trinajstić information content (AvgIpc) is 3.29. The number of hydrogen-bond donors (Lipinski definition) is 2. The molecule has 1 aliphatic carbocycles. The fraction of sp³-hybridized carbons (Fsp3) is 0.733. The van der Waals surface area contributed by atoms with Crippen molar-refractivity contribution in [3.8, 4) is 0 Å². The lowest BCUT2D eigenvalue weighted by molar-refractivity contribution is -0.183. The molecule has 2 N–H and O–H groups in total. The van der Waals surface area contributed by atoms with Gasteiger partial charge < -0.3 is 10.6 Å². The highest BCUT2D eigenvalue weighted by Gasteiger charge is 2.44. The summed E-state index contributed by atoms with van der Waals surface area (Å²) in [5, 5.41) is 9.56. The molecule has 1 atom stereocenters. The van der Waals surface area contributed by atoms with Gasteiger partial charge >= 0.3 is 6.18 Å². The molecule has 0 spiro atoms. The van der Waals surface area contributed by atoms with Crippen molar-refractivity contribution in [3.05, 3.63) is 17.5 Å². The minimum absolute atomic E-state index is 0. The Bertz CT molecular complexity index is 596. The van der Waals surface area contributed by atoms with Gasteiger partial charge in [-0.1, -0.05) is 0 Å². The number of amides is 1. The second kappa shape index (κ2) is 7.92. The lowest BCUT2D eigenvalue weighted by atomic mass is 10.2. The maximum absolute atomic E-state index is 13.3. The molecule has 1 aromatic heterocycles. The maximum Gasteiger partial charge on any atom is 0.405 e. The minimum Gasteiger partial charge on any atom is -0.349 e. The third-order valence-electron chi connectivity index (χ3n) is 4.57. The molecule has 2 fully saturated rings. The molecule has 1 saturated carbocycles. The van der Waals surface area contributed by atoms with Crippen molar-refractivity contribution in [1.29, 1.82) is 0 Å². The van der Waals surface area contributed by atoms with E-state index in [1.54, 1.807) is 17.8 Å². The highest BCUT2D eigenvalue weighted by Crippen LogP contribution is 2.39. The van der Waals surface area contributed by atoms with E-state index >= 15 is 0 Å². The summed E-state index contributed by atoms with van der Waals surface area (Å²) in [6, 6.07) is 0.00982. The largest absolute Gasteiger partial charge is 0.405 e. The molecule has 1 saturated heterocycles. The van der Waals surface area contributed by atoms with Crippen molar-refractivity contribution < 1.29 is 18.0 Å². The number of aromatic nitrogens is 2. The van der Waals surface area contributed by atoms with Crippen LogP contribution < -0.4 is 10.6 Å². The van der Waals surface area contributed by atoms with Crippen molar-refractivity contribution in [2.24, 2.45) is 7.05 Å². The highest BCUT2D eigenvalue weighted by molar-refractivity contribution is 5.92. The Morgan fingerprint density at radius 1 is 1.40 bits per heavy atom. The molecule has 1 unspecified atom stereocenters. The maximum atomic E-state index is 13.3. The molecule has 0 radical (unpaired) electrons. The van der Waals surface area contributed by atoms with Crippen molar-refractivity contribution in [3.63, 3.8) is 0 Å². The molecule has 3 rings (SSSR count). The number of rotatable bonds is 5. The number of hydrogen-bond acceptors (Lipinski definition) is 4. The third-order valence-corrected chi connectivity index (χ3v) is 4.57. The monoisotopic (exact) mass is 381 g/mol. The van der Waals surface area contributed by atoms with Crippen LogP contribution in [0.15, 0.2) is 6.07 Å². The van der Waals surface area contributed by atoms with Gasteiger partial charge in [-0.05, 0) is 18.9 Å². The molecule has 2 heterocycles. The Balaban J connectivity index is 0.00000225. The minimum atomic E-state index is -4.38. The molecule has 25 heavy (non-hydrogen) atoms. The number of aryl methyl sites for hydroxylation is 1. The number of nitrogens with one attached hydrogen (secondary N) is 2. The molecular formula is C15H23ClF3N5O. The zero-order chi connectivity index (χ0) is 17.3. The first-order chi connectivity index (χ1) is 11.4. The first-order valence-electron chi connectivity index (χ1n) is 8.20. The Morgan fingerprint density at radius 2 is 2.04 bits per heavy atom. The lowest BCUT2D eigenvalue weighted by Crippen LogP contribution is -2.57. The number of carbonyl (C=O) groups excluding carboxylic acids is 1. The van der Waals surface area contributed by atoms with E-state index < -0.39 is 24.7 Å². The van der Waals surface area contributed by atoms with Crippen LogP contribution in [-0.4, -0.2) is 65.5 Å². The van der Waals surface area contributed by atoms with Crippen molar-refractivity contribution in [2.75, 3.05) is 32.7 Å². The van der Waals surface area contributed by atoms with Crippen LogP contribution in [-0.2, 0) is 7.05 Å². The van der Waals surface area contributed by atoms with Crippen LogP contribution in [0.5, 0.6) is 0 Å². The van der Waals surface area contributed by atoms with Gasteiger partial charge in [-0.3, -0.25) is 14.4 Å². The first kappa shape index (κ1) is 20.0. The highest BCUT2D eigenvalue weighted by atomic mass is 35.5. The summed E-state index contributed by atoms with van der Waals surface area (Å²) in [4.78, 5) is 13.5. The molecule has 1 aliphatic heterocycles. The average molecular weight is 382 g/mol. The van der Waals surface area contributed by atoms with Gasteiger partial charge in [0.1, 0.15) is 11.7 Å². The number of piperazine rings is 1. The van der Waals surface area contributed by atoms with Crippen molar-refractivity contribution in [2.45, 2.75) is 31.0 Å². The summed E-state index contributed by atoms with van der Waals surface area (Å²) in [5.41, 5.74) is 1.15. The first-order valence-corrected chi connectivity index (χ1v) is 8.20. The molecule has 1 amide bonds. The Labute approximate surface area is 150 Å². The van der Waals surface area contributed by atoms with Crippen LogP contribution >= 0.6 is 12.4 Å². The Hall–Kier alpha value is -1.32. The van der Waals surface area contributed by atoms with E-state index in [2.05, 4.69) is 15.7 Å². The number of alkyl halides is 3. The fourth-order valence-corrected chi connectivity index (χ4v) is 3.08. The Morgan fingerprint density at radius 3 is 2.60 bits per heavy atom. The second-order valence-corrected chi connectivity index (χ2v) is 6.41. The summed E-state index contributed by atoms with van der Waals surface area (Å²) in [5.74, 6) is -0.130. The summed E-state index contributed by atoms with van der Waals surface area (Å²) in [6.07, 6.45) is -2.24. The van der Waals surface area contributed by atoms with Crippen LogP contribution in [0.3, 0.4) is 0 Å². The van der Waals surface area contributed by atoms with E-state index in [1.807, 2.05) is 0 Å². The predicted octanol–water partition coefficient (Wildman–Crippen LogP) is 1.29. The van der Waals surface area contributed by atoms with E-state index in [4.69, 9.17) is 0 Å². The zero-order valence-electron chi connectivity index (χ0n) is 14.0. The van der Waals surface area contributed by atoms with Gasteiger partial charge in [0, 0.05) is 51.4 Å². The van der Waals surface area contributed by atoms with Crippen LogP contribution in [0.2, 0.25) is 0 Å².